The van der Waals surface area contributed by atoms with Crippen molar-refractivity contribution in [3.05, 3.63) is 30.3 Å². The van der Waals surface area contributed by atoms with Gasteiger partial charge in [0.15, 0.2) is 5.96 Å². The van der Waals surface area contributed by atoms with Gasteiger partial charge in [-0.3, -0.25) is 4.99 Å². The van der Waals surface area contributed by atoms with E-state index in [0.717, 1.165) is 12.3 Å². The standard InChI is InChI=1S/C13H21N3O/c1-11(2)10-17-9-8-15-13(14)16-12-6-4-3-5-7-12/h3-7,11H,8-10H2,1-2H3,(H3,14,15,16). The summed E-state index contributed by atoms with van der Waals surface area (Å²) in [5, 5.41) is 3.01. The quantitative estimate of drug-likeness (QED) is 0.451. The van der Waals surface area contributed by atoms with Gasteiger partial charge in [0.2, 0.25) is 0 Å². The van der Waals surface area contributed by atoms with E-state index >= 15 is 0 Å². The van der Waals surface area contributed by atoms with Crippen LogP contribution < -0.4 is 11.1 Å². The monoisotopic (exact) mass is 235 g/mol. The third kappa shape index (κ3) is 6.58. The van der Waals surface area contributed by atoms with Gasteiger partial charge in [-0.25, -0.2) is 0 Å². The highest BCUT2D eigenvalue weighted by Gasteiger charge is 1.95. The van der Waals surface area contributed by atoms with Gasteiger partial charge in [0, 0.05) is 12.3 Å². The van der Waals surface area contributed by atoms with E-state index in [1.807, 2.05) is 30.3 Å². The molecular weight excluding hydrogens is 214 g/mol. The molecule has 0 bridgehead atoms. The molecule has 0 fully saturated rings. The van der Waals surface area contributed by atoms with E-state index < -0.39 is 0 Å². The third-order valence-electron chi connectivity index (χ3n) is 2.02. The molecule has 0 unspecified atom stereocenters. The molecule has 0 radical (unpaired) electrons. The molecule has 0 aliphatic carbocycles. The van der Waals surface area contributed by atoms with E-state index in [1.165, 1.54) is 0 Å². The summed E-state index contributed by atoms with van der Waals surface area (Å²) in [5.41, 5.74) is 6.67. The lowest BCUT2D eigenvalue weighted by atomic mass is 10.2. The van der Waals surface area contributed by atoms with Gasteiger partial charge in [0.25, 0.3) is 0 Å². The van der Waals surface area contributed by atoms with E-state index in [9.17, 15) is 0 Å². The molecule has 94 valence electrons. The number of guanidine groups is 1. The molecule has 0 amide bonds. The minimum absolute atomic E-state index is 0.421. The number of para-hydroxylation sites is 1. The zero-order chi connectivity index (χ0) is 12.5. The van der Waals surface area contributed by atoms with Crippen LogP contribution in [0.4, 0.5) is 5.69 Å². The van der Waals surface area contributed by atoms with E-state index in [1.54, 1.807) is 0 Å². The number of nitrogens with two attached hydrogens (primary N) is 1. The van der Waals surface area contributed by atoms with Crippen molar-refractivity contribution in [1.29, 1.82) is 0 Å². The minimum atomic E-state index is 0.421. The molecule has 3 N–H and O–H groups in total. The van der Waals surface area contributed by atoms with Gasteiger partial charge in [0.1, 0.15) is 0 Å². The van der Waals surface area contributed by atoms with Crippen LogP contribution in [0.3, 0.4) is 0 Å². The minimum Gasteiger partial charge on any atom is -0.379 e. The summed E-state index contributed by atoms with van der Waals surface area (Å²) in [6.45, 7) is 6.19. The maximum Gasteiger partial charge on any atom is 0.193 e. The van der Waals surface area contributed by atoms with Crippen LogP contribution in [0.1, 0.15) is 13.8 Å². The van der Waals surface area contributed by atoms with Crippen LogP contribution in [0.25, 0.3) is 0 Å². The van der Waals surface area contributed by atoms with Gasteiger partial charge in [-0.2, -0.15) is 0 Å². The molecule has 0 atom stereocenters. The fourth-order valence-electron chi connectivity index (χ4n) is 1.26. The molecular formula is C13H21N3O. The molecule has 0 aromatic heterocycles. The number of hydrogen-bond donors (Lipinski definition) is 2. The number of aliphatic imine (C=N–C) groups is 1. The average molecular weight is 235 g/mol. The lowest BCUT2D eigenvalue weighted by Gasteiger charge is -2.06. The summed E-state index contributed by atoms with van der Waals surface area (Å²) in [7, 11) is 0. The first-order valence-corrected chi connectivity index (χ1v) is 5.88. The largest absolute Gasteiger partial charge is 0.379 e. The molecule has 1 aromatic carbocycles. The number of hydrogen-bond acceptors (Lipinski definition) is 2. The molecule has 1 aromatic rings. The van der Waals surface area contributed by atoms with Crippen molar-refractivity contribution in [3.8, 4) is 0 Å². The molecule has 0 aliphatic rings. The highest BCUT2D eigenvalue weighted by atomic mass is 16.5. The van der Waals surface area contributed by atoms with Gasteiger partial charge >= 0.3 is 0 Å². The van der Waals surface area contributed by atoms with Crippen LogP contribution in [-0.2, 0) is 4.74 Å². The van der Waals surface area contributed by atoms with Crippen molar-refractivity contribution < 1.29 is 4.74 Å². The second-order valence-corrected chi connectivity index (χ2v) is 4.23. The highest BCUT2D eigenvalue weighted by Crippen LogP contribution is 2.03. The summed E-state index contributed by atoms with van der Waals surface area (Å²) in [4.78, 5) is 4.17. The summed E-state index contributed by atoms with van der Waals surface area (Å²) in [6.07, 6.45) is 0. The van der Waals surface area contributed by atoms with Crippen LogP contribution in [0.2, 0.25) is 0 Å². The van der Waals surface area contributed by atoms with E-state index in [0.29, 0.717) is 25.0 Å². The van der Waals surface area contributed by atoms with Crippen molar-refractivity contribution >= 4 is 11.6 Å². The molecule has 4 heteroatoms. The van der Waals surface area contributed by atoms with Gasteiger partial charge in [0.05, 0.1) is 13.2 Å². The first kappa shape index (κ1) is 13.5. The van der Waals surface area contributed by atoms with Crippen molar-refractivity contribution in [2.45, 2.75) is 13.8 Å². The number of nitrogens with one attached hydrogen (secondary N) is 1. The van der Waals surface area contributed by atoms with Gasteiger partial charge in [-0.05, 0) is 18.1 Å². The Balaban J connectivity index is 2.21. The fourth-order valence-corrected chi connectivity index (χ4v) is 1.26. The maximum absolute atomic E-state index is 5.73. The summed E-state index contributed by atoms with van der Waals surface area (Å²) in [5.74, 6) is 0.975. The van der Waals surface area contributed by atoms with E-state index in [4.69, 9.17) is 10.5 Å². The Hall–Kier alpha value is -1.55. The predicted octanol–water partition coefficient (Wildman–Crippen LogP) is 2.09. The maximum atomic E-state index is 5.73. The van der Waals surface area contributed by atoms with Gasteiger partial charge in [-0.1, -0.05) is 32.0 Å². The predicted molar refractivity (Wildman–Crippen MR) is 72.2 cm³/mol. The summed E-state index contributed by atoms with van der Waals surface area (Å²) < 4.78 is 5.41. The zero-order valence-electron chi connectivity index (χ0n) is 10.5. The second kappa shape index (κ2) is 7.68. The topological polar surface area (TPSA) is 59.6 Å². The smallest absolute Gasteiger partial charge is 0.193 e. The van der Waals surface area contributed by atoms with Crippen LogP contribution in [0.5, 0.6) is 0 Å². The second-order valence-electron chi connectivity index (χ2n) is 4.23. The Bertz CT molecular complexity index is 336. The Morgan fingerprint density at radius 2 is 2.06 bits per heavy atom. The van der Waals surface area contributed by atoms with Crippen molar-refractivity contribution in [1.82, 2.24) is 0 Å². The number of nitrogens with zero attached hydrogens (tertiary/aromatic N) is 1. The molecule has 0 aliphatic heterocycles. The van der Waals surface area contributed by atoms with Gasteiger partial charge < -0.3 is 15.8 Å². The number of rotatable bonds is 6. The van der Waals surface area contributed by atoms with Gasteiger partial charge in [-0.15, -0.1) is 0 Å². The lowest BCUT2D eigenvalue weighted by molar-refractivity contribution is 0.117. The third-order valence-corrected chi connectivity index (χ3v) is 2.02. The Labute approximate surface area is 103 Å². The zero-order valence-corrected chi connectivity index (χ0v) is 10.5. The Morgan fingerprint density at radius 3 is 2.71 bits per heavy atom. The van der Waals surface area contributed by atoms with E-state index in [-0.39, 0.29) is 0 Å². The number of benzene rings is 1. The van der Waals surface area contributed by atoms with E-state index in [2.05, 4.69) is 24.2 Å². The van der Waals surface area contributed by atoms with Crippen molar-refractivity contribution in [2.24, 2.45) is 16.6 Å². The highest BCUT2D eigenvalue weighted by molar-refractivity contribution is 5.92. The number of ether oxygens (including phenoxy) is 1. The summed E-state index contributed by atoms with van der Waals surface area (Å²) in [6, 6.07) is 9.73. The van der Waals surface area contributed by atoms with Crippen LogP contribution in [0, 0.1) is 5.92 Å². The van der Waals surface area contributed by atoms with Crippen LogP contribution in [-0.4, -0.2) is 25.7 Å². The van der Waals surface area contributed by atoms with Crippen LogP contribution >= 0.6 is 0 Å². The Morgan fingerprint density at radius 1 is 1.35 bits per heavy atom. The average Bonchev–Trinajstić information content (AvgIpc) is 2.29. The molecule has 0 saturated heterocycles. The molecule has 1 rings (SSSR count). The van der Waals surface area contributed by atoms with Crippen LogP contribution in [0.15, 0.2) is 35.3 Å². The molecule has 0 heterocycles. The Kier molecular flexibility index (Phi) is 6.10. The summed E-state index contributed by atoms with van der Waals surface area (Å²) >= 11 is 0. The SMILES string of the molecule is CC(C)COCCN=C(N)Nc1ccccc1. The molecule has 4 nitrogen and oxygen atoms in total. The van der Waals surface area contributed by atoms with Crippen molar-refractivity contribution in [2.75, 3.05) is 25.1 Å². The fraction of sp³-hybridized carbons (Fsp3) is 0.462. The van der Waals surface area contributed by atoms with Crippen molar-refractivity contribution in [3.63, 3.8) is 0 Å². The first-order valence-electron chi connectivity index (χ1n) is 5.88. The molecule has 17 heavy (non-hydrogen) atoms. The lowest BCUT2D eigenvalue weighted by Crippen LogP contribution is -2.23. The molecule has 0 saturated carbocycles. The number of anilines is 1. The molecule has 0 spiro atoms. The normalized spacial score (nSPS) is 11.8. The first-order chi connectivity index (χ1) is 8.18.